The summed E-state index contributed by atoms with van der Waals surface area (Å²) >= 11 is 0. The number of carboxylic acids is 1. The SMILES string of the molecule is CC1C[C@H](C(=O)N2CCC(O)C2)[C@H](C(=O)O)C1. The van der Waals surface area contributed by atoms with Crippen LogP contribution in [0.25, 0.3) is 0 Å². The summed E-state index contributed by atoms with van der Waals surface area (Å²) in [5.41, 5.74) is 0. The number of β-amino-alcohol motifs (C(OH)–C–C–N with tert-alkyl or cyclic N) is 1. The molecule has 2 fully saturated rings. The van der Waals surface area contributed by atoms with Crippen molar-refractivity contribution < 1.29 is 19.8 Å². The number of hydrogen-bond acceptors (Lipinski definition) is 3. The van der Waals surface area contributed by atoms with Crippen LogP contribution in [-0.4, -0.2) is 46.2 Å². The van der Waals surface area contributed by atoms with E-state index in [1.807, 2.05) is 6.92 Å². The predicted octanol–water partition coefficient (Wildman–Crippen LogP) is 0.326. The first-order valence-electron chi connectivity index (χ1n) is 6.18. The number of amides is 1. The van der Waals surface area contributed by atoms with Gasteiger partial charge >= 0.3 is 5.97 Å². The third-order valence-electron chi connectivity index (χ3n) is 3.91. The summed E-state index contributed by atoms with van der Waals surface area (Å²) in [5, 5.41) is 18.5. The van der Waals surface area contributed by atoms with Gasteiger partial charge < -0.3 is 15.1 Å². The van der Waals surface area contributed by atoms with E-state index in [-0.39, 0.29) is 11.8 Å². The van der Waals surface area contributed by atoms with Crippen molar-refractivity contribution in [2.24, 2.45) is 17.8 Å². The van der Waals surface area contributed by atoms with E-state index in [4.69, 9.17) is 5.11 Å². The second kappa shape index (κ2) is 4.64. The normalized spacial score (nSPS) is 37.4. The summed E-state index contributed by atoms with van der Waals surface area (Å²) in [6.07, 6.45) is 1.40. The van der Waals surface area contributed by atoms with Gasteiger partial charge in [-0.05, 0) is 25.2 Å². The largest absolute Gasteiger partial charge is 0.481 e. The van der Waals surface area contributed by atoms with Crippen molar-refractivity contribution in [2.45, 2.75) is 32.3 Å². The Morgan fingerprint density at radius 1 is 1.24 bits per heavy atom. The first-order chi connectivity index (χ1) is 7.99. The molecule has 4 atom stereocenters. The molecule has 1 saturated carbocycles. The third-order valence-corrected chi connectivity index (χ3v) is 3.91. The second-order valence-electron chi connectivity index (χ2n) is 5.35. The molecule has 1 heterocycles. The number of nitrogens with zero attached hydrogens (tertiary/aromatic N) is 1. The van der Waals surface area contributed by atoms with Crippen LogP contribution in [0.3, 0.4) is 0 Å². The Hall–Kier alpha value is -1.10. The van der Waals surface area contributed by atoms with Gasteiger partial charge in [-0.15, -0.1) is 0 Å². The third kappa shape index (κ3) is 2.44. The second-order valence-corrected chi connectivity index (χ2v) is 5.35. The molecule has 5 nitrogen and oxygen atoms in total. The number of aliphatic hydroxyl groups is 1. The monoisotopic (exact) mass is 241 g/mol. The van der Waals surface area contributed by atoms with Gasteiger partial charge in [-0.25, -0.2) is 0 Å². The number of hydrogen-bond donors (Lipinski definition) is 2. The quantitative estimate of drug-likeness (QED) is 0.730. The van der Waals surface area contributed by atoms with Crippen LogP contribution in [0.4, 0.5) is 0 Å². The molecular formula is C12H19NO4. The lowest BCUT2D eigenvalue weighted by Crippen LogP contribution is -2.38. The number of aliphatic carboxylic acids is 1. The summed E-state index contributed by atoms with van der Waals surface area (Å²) in [4.78, 5) is 24.9. The van der Waals surface area contributed by atoms with Crippen molar-refractivity contribution >= 4 is 11.9 Å². The Morgan fingerprint density at radius 3 is 2.41 bits per heavy atom. The van der Waals surface area contributed by atoms with E-state index in [1.54, 1.807) is 4.90 Å². The number of rotatable bonds is 2. The van der Waals surface area contributed by atoms with Crippen molar-refractivity contribution in [3.63, 3.8) is 0 Å². The molecule has 5 heteroatoms. The highest BCUT2D eigenvalue weighted by Gasteiger charge is 2.43. The van der Waals surface area contributed by atoms with Crippen LogP contribution in [0, 0.1) is 17.8 Å². The van der Waals surface area contributed by atoms with E-state index in [0.29, 0.717) is 32.4 Å². The van der Waals surface area contributed by atoms with Crippen LogP contribution in [-0.2, 0) is 9.59 Å². The zero-order valence-corrected chi connectivity index (χ0v) is 10.0. The summed E-state index contributed by atoms with van der Waals surface area (Å²) < 4.78 is 0. The lowest BCUT2D eigenvalue weighted by molar-refractivity contribution is -0.148. The molecule has 2 aliphatic rings. The summed E-state index contributed by atoms with van der Waals surface area (Å²) in [6.45, 7) is 2.90. The zero-order chi connectivity index (χ0) is 12.6. The Morgan fingerprint density at radius 2 is 1.88 bits per heavy atom. The first kappa shape index (κ1) is 12.4. The average Bonchev–Trinajstić information content (AvgIpc) is 2.83. The molecule has 0 spiro atoms. The van der Waals surface area contributed by atoms with Crippen molar-refractivity contribution in [1.29, 1.82) is 0 Å². The molecule has 0 aromatic carbocycles. The maximum Gasteiger partial charge on any atom is 0.307 e. The van der Waals surface area contributed by atoms with Gasteiger partial charge in [0.15, 0.2) is 0 Å². The molecule has 17 heavy (non-hydrogen) atoms. The molecule has 1 saturated heterocycles. The minimum atomic E-state index is -0.868. The smallest absolute Gasteiger partial charge is 0.307 e. The minimum absolute atomic E-state index is 0.0849. The van der Waals surface area contributed by atoms with Crippen LogP contribution >= 0.6 is 0 Å². The van der Waals surface area contributed by atoms with Crippen LogP contribution in [0.15, 0.2) is 0 Å². The molecule has 0 aromatic rings. The Kier molecular flexibility index (Phi) is 3.38. The van der Waals surface area contributed by atoms with Gasteiger partial charge in [0.2, 0.25) is 5.91 Å². The fourth-order valence-electron chi connectivity index (χ4n) is 3.01. The Labute approximate surface area is 100 Å². The number of carbonyl (C=O) groups excluding carboxylic acids is 1. The van der Waals surface area contributed by atoms with Crippen LogP contribution < -0.4 is 0 Å². The predicted molar refractivity (Wildman–Crippen MR) is 60.2 cm³/mol. The number of likely N-dealkylation sites (tertiary alicyclic amines) is 1. The van der Waals surface area contributed by atoms with Gasteiger partial charge in [-0.2, -0.15) is 0 Å². The number of carbonyl (C=O) groups is 2. The lowest BCUT2D eigenvalue weighted by atomic mass is 9.95. The lowest BCUT2D eigenvalue weighted by Gasteiger charge is -2.22. The van der Waals surface area contributed by atoms with E-state index in [1.165, 1.54) is 0 Å². The molecular weight excluding hydrogens is 222 g/mol. The first-order valence-corrected chi connectivity index (χ1v) is 6.18. The molecule has 1 aliphatic carbocycles. The van der Waals surface area contributed by atoms with Gasteiger partial charge in [0.1, 0.15) is 0 Å². The Balaban J connectivity index is 2.05. The number of aliphatic hydroxyl groups excluding tert-OH is 1. The van der Waals surface area contributed by atoms with Gasteiger partial charge in [0, 0.05) is 13.1 Å². The van der Waals surface area contributed by atoms with Crippen LogP contribution in [0.5, 0.6) is 0 Å². The molecule has 2 rings (SSSR count). The van der Waals surface area contributed by atoms with E-state index in [2.05, 4.69) is 0 Å². The van der Waals surface area contributed by atoms with Crippen LogP contribution in [0.1, 0.15) is 26.2 Å². The highest BCUT2D eigenvalue weighted by molar-refractivity contribution is 5.85. The topological polar surface area (TPSA) is 77.8 Å². The summed E-state index contributed by atoms with van der Waals surface area (Å²) in [7, 11) is 0. The van der Waals surface area contributed by atoms with E-state index >= 15 is 0 Å². The highest BCUT2D eigenvalue weighted by Crippen LogP contribution is 2.38. The average molecular weight is 241 g/mol. The fraction of sp³-hybridized carbons (Fsp3) is 0.833. The molecule has 1 amide bonds. The van der Waals surface area contributed by atoms with E-state index < -0.39 is 23.9 Å². The van der Waals surface area contributed by atoms with Crippen molar-refractivity contribution in [3.8, 4) is 0 Å². The fourth-order valence-corrected chi connectivity index (χ4v) is 3.01. The molecule has 2 unspecified atom stereocenters. The number of carboxylic acid groups (broad SMARTS) is 1. The van der Waals surface area contributed by atoms with Crippen molar-refractivity contribution in [1.82, 2.24) is 4.90 Å². The summed E-state index contributed by atoms with van der Waals surface area (Å²) in [6, 6.07) is 0. The van der Waals surface area contributed by atoms with Crippen molar-refractivity contribution in [2.75, 3.05) is 13.1 Å². The van der Waals surface area contributed by atoms with Gasteiger partial charge in [0.25, 0.3) is 0 Å². The molecule has 0 aromatic heterocycles. The molecule has 96 valence electrons. The highest BCUT2D eigenvalue weighted by atomic mass is 16.4. The van der Waals surface area contributed by atoms with Crippen LogP contribution in [0.2, 0.25) is 0 Å². The van der Waals surface area contributed by atoms with Gasteiger partial charge in [-0.1, -0.05) is 6.92 Å². The maximum atomic E-state index is 12.2. The van der Waals surface area contributed by atoms with Gasteiger partial charge in [-0.3, -0.25) is 9.59 Å². The molecule has 0 radical (unpaired) electrons. The van der Waals surface area contributed by atoms with Crippen molar-refractivity contribution in [3.05, 3.63) is 0 Å². The zero-order valence-electron chi connectivity index (χ0n) is 10.0. The maximum absolute atomic E-state index is 12.2. The standard InChI is InChI=1S/C12H19NO4/c1-7-4-9(10(5-7)12(16)17)11(15)13-3-2-8(14)6-13/h7-10,14H,2-6H2,1H3,(H,16,17)/t7?,8?,9-,10+/m0/s1. The Bertz CT molecular complexity index is 330. The summed E-state index contributed by atoms with van der Waals surface area (Å²) in [5.74, 6) is -1.61. The molecule has 0 bridgehead atoms. The molecule has 1 aliphatic heterocycles. The van der Waals surface area contributed by atoms with E-state index in [0.717, 1.165) is 0 Å². The minimum Gasteiger partial charge on any atom is -0.481 e. The van der Waals surface area contributed by atoms with E-state index in [9.17, 15) is 14.7 Å². The van der Waals surface area contributed by atoms with Gasteiger partial charge in [0.05, 0.1) is 17.9 Å². The molecule has 2 N–H and O–H groups in total.